The molecule has 0 saturated heterocycles. The number of unbranched alkanes of at least 4 members (excludes halogenated alkanes) is 27. The van der Waals surface area contributed by atoms with Gasteiger partial charge in [0.15, 0.2) is 0 Å². The second-order valence-electron chi connectivity index (χ2n) is 19.9. The number of rotatable bonds is 50. The van der Waals surface area contributed by atoms with Gasteiger partial charge in [-0.3, -0.25) is 13.8 Å². The Morgan fingerprint density at radius 3 is 1.37 bits per heavy atom. The molecule has 3 N–H and O–H groups in total. The van der Waals surface area contributed by atoms with Crippen molar-refractivity contribution in [2.24, 2.45) is 0 Å². The van der Waals surface area contributed by atoms with Crippen LogP contribution in [0.1, 0.15) is 239 Å². The van der Waals surface area contributed by atoms with Gasteiger partial charge >= 0.3 is 7.82 Å². The van der Waals surface area contributed by atoms with Gasteiger partial charge in [-0.05, 0) is 77.0 Å². The lowest BCUT2D eigenvalue weighted by atomic mass is 10.0. The number of nitrogens with one attached hydrogen (secondary N) is 1. The van der Waals surface area contributed by atoms with Gasteiger partial charge in [0.05, 0.1) is 39.9 Å². The number of hydrogen-bond donors (Lipinski definition) is 3. The summed E-state index contributed by atoms with van der Waals surface area (Å²) in [5.74, 6) is -0.203. The number of hydrogen-bond acceptors (Lipinski definition) is 5. The molecule has 9 heteroatoms. The topological polar surface area (TPSA) is 105 Å². The SMILES string of the molecule is CC/C=C\C/C=C\C/C=C\CCCCCCCCCC(=O)NC(COP(=O)(O)OCC[N+](C)(C)C)C(O)/C=C/CC/C=C/CC/C=C/CCCCCCCCCCCCCCCCCCCC. The summed E-state index contributed by atoms with van der Waals surface area (Å²) in [6.45, 7) is 4.68. The molecular formula is C58H108N2O6P+. The van der Waals surface area contributed by atoms with E-state index in [0.29, 0.717) is 17.4 Å². The van der Waals surface area contributed by atoms with E-state index in [0.717, 1.165) is 77.0 Å². The van der Waals surface area contributed by atoms with Crippen LogP contribution in [0.3, 0.4) is 0 Å². The molecule has 0 aromatic rings. The van der Waals surface area contributed by atoms with Crippen LogP contribution >= 0.6 is 7.82 Å². The first-order valence-corrected chi connectivity index (χ1v) is 29.3. The summed E-state index contributed by atoms with van der Waals surface area (Å²) >= 11 is 0. The number of nitrogens with zero attached hydrogens (tertiary/aromatic N) is 1. The zero-order valence-electron chi connectivity index (χ0n) is 44.4. The molecule has 67 heavy (non-hydrogen) atoms. The van der Waals surface area contributed by atoms with Crippen molar-refractivity contribution < 1.29 is 32.9 Å². The van der Waals surface area contributed by atoms with E-state index in [1.165, 1.54) is 141 Å². The van der Waals surface area contributed by atoms with Crippen LogP contribution in [0.15, 0.2) is 72.9 Å². The fourth-order valence-electron chi connectivity index (χ4n) is 7.79. The Morgan fingerprint density at radius 1 is 0.522 bits per heavy atom. The predicted octanol–water partition coefficient (Wildman–Crippen LogP) is 16.7. The van der Waals surface area contributed by atoms with E-state index in [1.807, 2.05) is 27.2 Å². The lowest BCUT2D eigenvalue weighted by Gasteiger charge is -2.25. The van der Waals surface area contributed by atoms with Crippen molar-refractivity contribution in [3.63, 3.8) is 0 Å². The van der Waals surface area contributed by atoms with E-state index >= 15 is 0 Å². The molecule has 3 unspecified atom stereocenters. The van der Waals surface area contributed by atoms with Crippen molar-refractivity contribution in [1.29, 1.82) is 0 Å². The van der Waals surface area contributed by atoms with Gasteiger partial charge in [0.25, 0.3) is 0 Å². The Labute approximate surface area is 414 Å². The van der Waals surface area contributed by atoms with E-state index in [4.69, 9.17) is 9.05 Å². The third-order valence-electron chi connectivity index (χ3n) is 12.1. The monoisotopic (exact) mass is 960 g/mol. The van der Waals surface area contributed by atoms with Crippen LogP contribution in [0, 0.1) is 0 Å². The van der Waals surface area contributed by atoms with Crippen LogP contribution in [0.5, 0.6) is 0 Å². The summed E-state index contributed by atoms with van der Waals surface area (Å²) in [5.41, 5.74) is 0. The number of aliphatic hydroxyl groups is 1. The largest absolute Gasteiger partial charge is 0.472 e. The molecule has 0 spiro atoms. The highest BCUT2D eigenvalue weighted by atomic mass is 31.2. The number of phosphoric ester groups is 1. The molecule has 8 nitrogen and oxygen atoms in total. The number of amides is 1. The standard InChI is InChI=1S/C58H107N2O6P/c1-6-8-10-12-14-16-18-20-22-24-25-26-27-28-29-30-31-32-33-34-36-37-39-41-43-45-47-49-51-57(61)56(55-66-67(63,64)65-54-53-60(3,4)5)59-58(62)52-50-48-46-44-42-40-38-35-23-21-19-17-15-13-11-9-7-2/h9,11,15,17,21,23,34,36,41,43,49,51,56-57,61H,6-8,10,12-14,16,18-20,22,24-33,35,37-40,42,44-48,50,52-55H2,1-5H3,(H-,59,62,63,64)/p+1/b11-9-,17-15-,23-21-,36-34+,43-41+,51-49+. The van der Waals surface area contributed by atoms with Crippen LogP contribution in [0.4, 0.5) is 0 Å². The Kier molecular flexibility index (Phi) is 47.4. The zero-order chi connectivity index (χ0) is 49.2. The van der Waals surface area contributed by atoms with Crippen LogP contribution < -0.4 is 5.32 Å². The van der Waals surface area contributed by atoms with Gasteiger partial charge in [-0.15, -0.1) is 0 Å². The minimum absolute atomic E-state index is 0.0483. The number of allylic oxidation sites excluding steroid dienone is 11. The molecule has 0 aromatic heterocycles. The van der Waals surface area contributed by atoms with Gasteiger partial charge in [-0.1, -0.05) is 228 Å². The molecule has 0 fully saturated rings. The first-order chi connectivity index (χ1) is 32.5. The Morgan fingerprint density at radius 2 is 0.910 bits per heavy atom. The minimum atomic E-state index is -4.36. The maximum atomic E-state index is 12.9. The molecule has 0 radical (unpaired) electrons. The van der Waals surface area contributed by atoms with Gasteiger partial charge in [-0.25, -0.2) is 4.57 Å². The molecular weight excluding hydrogens is 852 g/mol. The summed E-state index contributed by atoms with van der Waals surface area (Å²) in [7, 11) is 1.53. The number of carbonyl (C=O) groups is 1. The lowest BCUT2D eigenvalue weighted by molar-refractivity contribution is -0.870. The quantitative estimate of drug-likeness (QED) is 0.0243. The zero-order valence-corrected chi connectivity index (χ0v) is 45.3. The van der Waals surface area contributed by atoms with Crippen molar-refractivity contribution in [2.45, 2.75) is 251 Å². The number of aliphatic hydroxyl groups excluding tert-OH is 1. The van der Waals surface area contributed by atoms with Gasteiger partial charge in [0.2, 0.25) is 5.91 Å². The molecule has 0 aliphatic rings. The third-order valence-corrected chi connectivity index (χ3v) is 13.1. The molecule has 0 aliphatic carbocycles. The van der Waals surface area contributed by atoms with E-state index in [9.17, 15) is 19.4 Å². The summed E-state index contributed by atoms with van der Waals surface area (Å²) in [4.78, 5) is 23.2. The van der Waals surface area contributed by atoms with Gasteiger partial charge in [-0.2, -0.15) is 0 Å². The summed E-state index contributed by atoms with van der Waals surface area (Å²) in [6, 6.07) is -0.879. The average Bonchev–Trinajstić information content (AvgIpc) is 3.29. The molecule has 0 bridgehead atoms. The third kappa shape index (κ3) is 51.6. The smallest absolute Gasteiger partial charge is 0.387 e. The molecule has 0 rings (SSSR count). The average molecular weight is 960 g/mol. The lowest BCUT2D eigenvalue weighted by Crippen LogP contribution is -2.45. The van der Waals surface area contributed by atoms with E-state index < -0.39 is 20.0 Å². The summed E-state index contributed by atoms with van der Waals surface area (Å²) < 4.78 is 23.6. The molecule has 0 saturated carbocycles. The Bertz CT molecular complexity index is 1320. The van der Waals surface area contributed by atoms with Crippen molar-refractivity contribution >= 4 is 13.7 Å². The summed E-state index contributed by atoms with van der Waals surface area (Å²) in [5, 5.41) is 13.9. The fraction of sp³-hybridized carbons (Fsp3) is 0.776. The molecule has 0 aliphatic heterocycles. The van der Waals surface area contributed by atoms with Gasteiger partial charge in [0.1, 0.15) is 13.2 Å². The maximum Gasteiger partial charge on any atom is 0.472 e. The number of likely N-dealkylation sites (N-methyl/N-ethyl adjacent to an activating group) is 1. The normalized spacial score (nSPS) is 14.6. The minimum Gasteiger partial charge on any atom is -0.387 e. The van der Waals surface area contributed by atoms with Crippen molar-refractivity contribution in [3.05, 3.63) is 72.9 Å². The van der Waals surface area contributed by atoms with Crippen LogP contribution in [-0.2, 0) is 18.4 Å². The molecule has 0 heterocycles. The molecule has 3 atom stereocenters. The van der Waals surface area contributed by atoms with Crippen LogP contribution in [0.2, 0.25) is 0 Å². The van der Waals surface area contributed by atoms with E-state index in [2.05, 4.69) is 79.9 Å². The first kappa shape index (κ1) is 64.9. The number of quaternary nitrogens is 1. The fourth-order valence-corrected chi connectivity index (χ4v) is 8.53. The van der Waals surface area contributed by atoms with Crippen LogP contribution in [0.25, 0.3) is 0 Å². The predicted molar refractivity (Wildman–Crippen MR) is 290 cm³/mol. The second-order valence-corrected chi connectivity index (χ2v) is 21.4. The Balaban J connectivity index is 4.30. The highest BCUT2D eigenvalue weighted by molar-refractivity contribution is 7.47. The van der Waals surface area contributed by atoms with E-state index in [1.54, 1.807) is 6.08 Å². The van der Waals surface area contributed by atoms with Crippen molar-refractivity contribution in [1.82, 2.24) is 5.32 Å². The Hall–Kier alpha value is -2.06. The molecule has 0 aromatic carbocycles. The number of phosphoric acid groups is 1. The van der Waals surface area contributed by atoms with Crippen molar-refractivity contribution in [3.8, 4) is 0 Å². The van der Waals surface area contributed by atoms with Crippen molar-refractivity contribution in [2.75, 3.05) is 40.9 Å². The summed E-state index contributed by atoms with van der Waals surface area (Å²) in [6.07, 6.45) is 67.3. The highest BCUT2D eigenvalue weighted by Gasteiger charge is 2.27. The van der Waals surface area contributed by atoms with Gasteiger partial charge < -0.3 is 19.8 Å². The highest BCUT2D eigenvalue weighted by Crippen LogP contribution is 2.43. The van der Waals surface area contributed by atoms with E-state index in [-0.39, 0.29) is 19.1 Å². The van der Waals surface area contributed by atoms with Gasteiger partial charge in [0, 0.05) is 6.42 Å². The van der Waals surface area contributed by atoms with Crippen LogP contribution in [-0.4, -0.2) is 73.4 Å². The molecule has 1 amide bonds. The molecule has 390 valence electrons. The second kappa shape index (κ2) is 48.9. The number of carbonyl (C=O) groups excluding carboxylic acids is 1. The maximum absolute atomic E-state index is 12.9. The first-order valence-electron chi connectivity index (χ1n) is 27.8.